The highest BCUT2D eigenvalue weighted by atomic mass is 16.5. The van der Waals surface area contributed by atoms with Crippen LogP contribution in [0.1, 0.15) is 60.7 Å². The number of carbonyl (C=O) groups excluding carboxylic acids is 2. The average Bonchev–Trinajstić information content (AvgIpc) is 2.93. The van der Waals surface area contributed by atoms with E-state index in [0.717, 1.165) is 24.9 Å². The van der Waals surface area contributed by atoms with Gasteiger partial charge >= 0.3 is 0 Å². The van der Waals surface area contributed by atoms with Gasteiger partial charge in [0, 0.05) is 58.0 Å². The summed E-state index contributed by atoms with van der Waals surface area (Å²) in [6, 6.07) is 14.5. The van der Waals surface area contributed by atoms with E-state index >= 15 is 0 Å². The monoisotopic (exact) mass is 539 g/mol. The van der Waals surface area contributed by atoms with Gasteiger partial charge in [0.05, 0.1) is 30.4 Å². The first-order valence-electron chi connectivity index (χ1n) is 13.9. The van der Waals surface area contributed by atoms with Crippen LogP contribution in [0.3, 0.4) is 0 Å². The summed E-state index contributed by atoms with van der Waals surface area (Å²) in [6.45, 7) is 7.04. The van der Waals surface area contributed by atoms with Crippen molar-refractivity contribution in [2.75, 3.05) is 52.3 Å². The van der Waals surface area contributed by atoms with Crippen LogP contribution in [-0.4, -0.2) is 92.4 Å². The van der Waals surface area contributed by atoms with E-state index in [4.69, 9.17) is 9.47 Å². The lowest BCUT2D eigenvalue weighted by Crippen LogP contribution is -2.48. The molecule has 2 aromatic rings. The van der Waals surface area contributed by atoms with Crippen LogP contribution in [0.5, 0.6) is 5.75 Å². The number of nitrogens with zero attached hydrogens (tertiary/aromatic N) is 3. The maximum atomic E-state index is 14.1. The van der Waals surface area contributed by atoms with Crippen molar-refractivity contribution in [2.45, 2.75) is 58.3 Å². The summed E-state index contributed by atoms with van der Waals surface area (Å²) in [4.78, 5) is 32.5. The molecular formula is C31H45N3O5. The molecular weight excluding hydrogens is 494 g/mol. The van der Waals surface area contributed by atoms with Gasteiger partial charge < -0.3 is 29.3 Å². The average molecular weight is 540 g/mol. The molecule has 2 aromatic carbocycles. The van der Waals surface area contributed by atoms with E-state index in [9.17, 15) is 14.7 Å². The number of hydrogen-bond donors (Lipinski definition) is 1. The van der Waals surface area contributed by atoms with Gasteiger partial charge in [0.25, 0.3) is 11.8 Å². The fourth-order valence-corrected chi connectivity index (χ4v) is 4.81. The number of carbonyl (C=O) groups is 2. The first kappa shape index (κ1) is 30.4. The molecule has 214 valence electrons. The van der Waals surface area contributed by atoms with Crippen molar-refractivity contribution in [3.05, 3.63) is 59.7 Å². The van der Waals surface area contributed by atoms with Crippen molar-refractivity contribution in [1.82, 2.24) is 9.80 Å². The van der Waals surface area contributed by atoms with Crippen molar-refractivity contribution >= 4 is 17.5 Å². The minimum Gasteiger partial charge on any atom is -0.490 e. The summed E-state index contributed by atoms with van der Waals surface area (Å²) >= 11 is 0. The van der Waals surface area contributed by atoms with Gasteiger partial charge in [-0.05, 0) is 63.4 Å². The number of benzene rings is 2. The van der Waals surface area contributed by atoms with Crippen LogP contribution in [0.15, 0.2) is 48.5 Å². The van der Waals surface area contributed by atoms with Gasteiger partial charge in [-0.25, -0.2) is 0 Å². The summed E-state index contributed by atoms with van der Waals surface area (Å²) in [7, 11) is 5.66. The van der Waals surface area contributed by atoms with Crippen LogP contribution >= 0.6 is 0 Å². The second kappa shape index (κ2) is 14.3. The third kappa shape index (κ3) is 8.19. The third-order valence-corrected chi connectivity index (χ3v) is 7.37. The maximum absolute atomic E-state index is 14.1. The van der Waals surface area contributed by atoms with Crippen LogP contribution in [0.2, 0.25) is 0 Å². The Kier molecular flexibility index (Phi) is 11.2. The summed E-state index contributed by atoms with van der Waals surface area (Å²) in [6.07, 6.45) is 2.27. The van der Waals surface area contributed by atoms with Crippen LogP contribution in [0.4, 0.5) is 5.69 Å². The second-order valence-corrected chi connectivity index (χ2v) is 10.9. The quantitative estimate of drug-likeness (QED) is 0.589. The van der Waals surface area contributed by atoms with E-state index in [1.54, 1.807) is 16.8 Å². The summed E-state index contributed by atoms with van der Waals surface area (Å²) < 4.78 is 12.6. The Hall–Kier alpha value is -3.10. The van der Waals surface area contributed by atoms with Crippen molar-refractivity contribution in [1.29, 1.82) is 0 Å². The second-order valence-electron chi connectivity index (χ2n) is 10.9. The smallest absolute Gasteiger partial charge is 0.258 e. The van der Waals surface area contributed by atoms with Gasteiger partial charge in [0.15, 0.2) is 0 Å². The van der Waals surface area contributed by atoms with E-state index in [1.165, 1.54) is 0 Å². The molecule has 8 heteroatoms. The largest absolute Gasteiger partial charge is 0.490 e. The lowest BCUT2D eigenvalue weighted by Gasteiger charge is -2.36. The highest BCUT2D eigenvalue weighted by Gasteiger charge is 2.31. The Balaban J connectivity index is 1.93. The zero-order chi connectivity index (χ0) is 28.5. The zero-order valence-electron chi connectivity index (χ0n) is 24.3. The summed E-state index contributed by atoms with van der Waals surface area (Å²) in [5.41, 5.74) is 2.00. The number of aliphatic hydroxyl groups is 1. The van der Waals surface area contributed by atoms with Crippen molar-refractivity contribution in [3.63, 3.8) is 0 Å². The molecule has 1 heterocycles. The van der Waals surface area contributed by atoms with Crippen LogP contribution in [0.25, 0.3) is 0 Å². The first-order valence-corrected chi connectivity index (χ1v) is 13.9. The molecule has 4 atom stereocenters. The van der Waals surface area contributed by atoms with E-state index < -0.39 is 6.04 Å². The van der Waals surface area contributed by atoms with Gasteiger partial charge in [-0.2, -0.15) is 0 Å². The summed E-state index contributed by atoms with van der Waals surface area (Å²) in [5.74, 6) is 0.189. The number of aliphatic hydroxyl groups excluding tert-OH is 1. The number of fused-ring (bicyclic) bond motifs is 1. The van der Waals surface area contributed by atoms with Crippen molar-refractivity contribution in [2.24, 2.45) is 5.92 Å². The lowest BCUT2D eigenvalue weighted by atomic mass is 10.0. The Morgan fingerprint density at radius 3 is 2.49 bits per heavy atom. The van der Waals surface area contributed by atoms with Crippen molar-refractivity contribution < 1.29 is 24.2 Å². The maximum Gasteiger partial charge on any atom is 0.258 e. The van der Waals surface area contributed by atoms with Gasteiger partial charge in [-0.1, -0.05) is 25.1 Å². The Morgan fingerprint density at radius 1 is 1.10 bits per heavy atom. The molecule has 0 radical (unpaired) electrons. The van der Waals surface area contributed by atoms with Crippen LogP contribution in [0, 0.1) is 5.92 Å². The van der Waals surface area contributed by atoms with E-state index in [1.807, 2.05) is 88.3 Å². The molecule has 1 N–H and O–H groups in total. The predicted molar refractivity (Wildman–Crippen MR) is 155 cm³/mol. The topological polar surface area (TPSA) is 82.6 Å². The molecule has 0 saturated heterocycles. The SMILES string of the molecule is C[C@@H]1CCCCO[C@H](CN(C)C(=O)c2ccccc2)[C@@H](C)CN([C@H](C)CO)C(=O)c2cc(N(C)C)ccc2O1. The molecule has 1 aliphatic rings. The summed E-state index contributed by atoms with van der Waals surface area (Å²) in [5, 5.41) is 10.1. The molecule has 0 aromatic heterocycles. The number of ether oxygens (including phenoxy) is 2. The molecule has 8 nitrogen and oxygen atoms in total. The van der Waals surface area contributed by atoms with Crippen LogP contribution in [-0.2, 0) is 4.74 Å². The van der Waals surface area contributed by atoms with Gasteiger partial charge in [0.1, 0.15) is 5.75 Å². The normalized spacial score (nSPS) is 21.8. The number of rotatable bonds is 6. The molecule has 0 saturated carbocycles. The zero-order valence-corrected chi connectivity index (χ0v) is 24.3. The molecule has 0 aliphatic carbocycles. The molecule has 2 amide bonds. The first-order chi connectivity index (χ1) is 18.6. The molecule has 0 unspecified atom stereocenters. The lowest BCUT2D eigenvalue weighted by molar-refractivity contribution is -0.0149. The highest BCUT2D eigenvalue weighted by Crippen LogP contribution is 2.29. The Labute approximate surface area is 233 Å². The predicted octanol–water partition coefficient (Wildman–Crippen LogP) is 4.32. The van der Waals surface area contributed by atoms with Gasteiger partial charge in [0.2, 0.25) is 0 Å². The Bertz CT molecular complexity index is 1080. The minimum absolute atomic E-state index is 0.0708. The van der Waals surface area contributed by atoms with Crippen LogP contribution < -0.4 is 9.64 Å². The Morgan fingerprint density at radius 2 is 1.82 bits per heavy atom. The molecule has 3 rings (SSSR count). The van der Waals surface area contributed by atoms with Gasteiger partial charge in [-0.3, -0.25) is 9.59 Å². The fourth-order valence-electron chi connectivity index (χ4n) is 4.81. The van der Waals surface area contributed by atoms with E-state index in [-0.39, 0.29) is 36.5 Å². The minimum atomic E-state index is -0.412. The number of likely N-dealkylation sites (N-methyl/N-ethyl adjacent to an activating group) is 1. The van der Waals surface area contributed by atoms with Crippen molar-refractivity contribution in [3.8, 4) is 5.75 Å². The number of anilines is 1. The number of hydrogen-bond acceptors (Lipinski definition) is 6. The molecule has 0 fully saturated rings. The van der Waals surface area contributed by atoms with E-state index in [0.29, 0.717) is 36.6 Å². The molecule has 0 bridgehead atoms. The standard InChI is InChI=1S/C31H45N3O5/c1-22-19-34(23(2)21-35)31(37)27-18-26(32(4)5)15-16-28(27)39-24(3)12-10-11-17-38-29(22)20-33(6)30(36)25-13-8-7-9-14-25/h7-9,13-16,18,22-24,29,35H,10-12,17,19-21H2,1-6H3/t22-,23+,24+,29+/m0/s1. The molecule has 39 heavy (non-hydrogen) atoms. The number of amides is 2. The third-order valence-electron chi connectivity index (χ3n) is 7.37. The van der Waals surface area contributed by atoms with Gasteiger partial charge in [-0.15, -0.1) is 0 Å². The highest BCUT2D eigenvalue weighted by molar-refractivity contribution is 5.98. The van der Waals surface area contributed by atoms with E-state index in [2.05, 4.69) is 0 Å². The fraction of sp³-hybridized carbons (Fsp3) is 0.548. The molecule has 0 spiro atoms. The molecule has 1 aliphatic heterocycles.